The number of thioether (sulfide) groups is 1. The van der Waals surface area contributed by atoms with E-state index in [1.54, 1.807) is 0 Å². The zero-order valence-corrected chi connectivity index (χ0v) is 13.4. The maximum Gasteiger partial charge on any atom is 0.110 e. The van der Waals surface area contributed by atoms with Gasteiger partial charge in [0.25, 0.3) is 0 Å². The lowest BCUT2D eigenvalue weighted by Gasteiger charge is -2.21. The van der Waals surface area contributed by atoms with Crippen LogP contribution >= 0.6 is 27.7 Å². The molecule has 3 unspecified atom stereocenters. The van der Waals surface area contributed by atoms with E-state index in [9.17, 15) is 0 Å². The lowest BCUT2D eigenvalue weighted by atomic mass is 10.1. The van der Waals surface area contributed by atoms with Gasteiger partial charge in [-0.25, -0.2) is 4.98 Å². The Bertz CT molecular complexity index is 386. The Morgan fingerprint density at radius 3 is 3.06 bits per heavy atom. The van der Waals surface area contributed by atoms with Crippen LogP contribution in [0, 0.1) is 5.92 Å². The smallest absolute Gasteiger partial charge is 0.110 e. The topological polar surface area (TPSA) is 24.9 Å². The predicted molar refractivity (Wildman–Crippen MR) is 82.1 cm³/mol. The van der Waals surface area contributed by atoms with Crippen molar-refractivity contribution < 1.29 is 0 Å². The molecule has 0 saturated heterocycles. The predicted octanol–water partition coefficient (Wildman–Crippen LogP) is 4.10. The van der Waals surface area contributed by atoms with E-state index in [1.807, 2.05) is 24.0 Å². The van der Waals surface area contributed by atoms with Gasteiger partial charge in [-0.15, -0.1) is 11.8 Å². The summed E-state index contributed by atoms with van der Waals surface area (Å²) < 4.78 is 1.12. The number of hydrogen-bond donors (Lipinski definition) is 1. The molecule has 0 radical (unpaired) electrons. The van der Waals surface area contributed by atoms with E-state index in [2.05, 4.69) is 46.1 Å². The first kappa shape index (κ1) is 14.4. The Labute approximate surface area is 122 Å². The van der Waals surface area contributed by atoms with Crippen LogP contribution in [0.2, 0.25) is 0 Å². The van der Waals surface area contributed by atoms with Crippen LogP contribution in [0.15, 0.2) is 27.8 Å². The van der Waals surface area contributed by atoms with Crippen LogP contribution < -0.4 is 5.32 Å². The third-order valence-corrected chi connectivity index (χ3v) is 6.05. The average molecular weight is 329 g/mol. The average Bonchev–Trinajstić information content (AvgIpc) is 2.71. The Hall–Kier alpha value is -0.0600. The fourth-order valence-corrected chi connectivity index (χ4v) is 4.30. The van der Waals surface area contributed by atoms with E-state index in [-0.39, 0.29) is 0 Å². The van der Waals surface area contributed by atoms with Gasteiger partial charge in [0.2, 0.25) is 0 Å². The van der Waals surface area contributed by atoms with Gasteiger partial charge >= 0.3 is 0 Å². The van der Waals surface area contributed by atoms with Crippen LogP contribution in [0.3, 0.4) is 0 Å². The van der Waals surface area contributed by atoms with Gasteiger partial charge in [-0.3, -0.25) is 0 Å². The minimum absolute atomic E-state index is 0.685. The molecule has 4 heteroatoms. The van der Waals surface area contributed by atoms with Crippen LogP contribution in [0.4, 0.5) is 0 Å². The normalized spacial score (nSPS) is 27.6. The van der Waals surface area contributed by atoms with Crippen molar-refractivity contribution in [1.29, 1.82) is 0 Å². The van der Waals surface area contributed by atoms with Crippen molar-refractivity contribution in [3.05, 3.63) is 22.8 Å². The molecule has 0 aliphatic heterocycles. The monoisotopic (exact) mass is 328 g/mol. The quantitative estimate of drug-likeness (QED) is 0.880. The van der Waals surface area contributed by atoms with Crippen molar-refractivity contribution in [2.75, 3.05) is 6.54 Å². The summed E-state index contributed by atoms with van der Waals surface area (Å²) in [6, 6.07) is 4.73. The van der Waals surface area contributed by atoms with Crippen LogP contribution in [-0.4, -0.2) is 22.8 Å². The minimum Gasteiger partial charge on any atom is -0.314 e. The van der Waals surface area contributed by atoms with Crippen molar-refractivity contribution in [1.82, 2.24) is 10.3 Å². The van der Waals surface area contributed by atoms with E-state index in [0.717, 1.165) is 22.0 Å². The lowest BCUT2D eigenvalue weighted by molar-refractivity contribution is 0.431. The molecule has 2 rings (SSSR count). The number of rotatable bonds is 5. The van der Waals surface area contributed by atoms with Crippen LogP contribution in [0.25, 0.3) is 0 Å². The summed E-state index contributed by atoms with van der Waals surface area (Å²) in [7, 11) is 0. The molecule has 1 aromatic rings. The van der Waals surface area contributed by atoms with Crippen LogP contribution in [0.1, 0.15) is 33.1 Å². The van der Waals surface area contributed by atoms with Gasteiger partial charge in [0.15, 0.2) is 0 Å². The molecule has 3 atom stereocenters. The molecule has 1 heterocycles. The minimum atomic E-state index is 0.685. The Morgan fingerprint density at radius 1 is 1.50 bits per heavy atom. The zero-order valence-electron chi connectivity index (χ0n) is 11.0. The number of pyridine rings is 1. The van der Waals surface area contributed by atoms with Gasteiger partial charge in [-0.1, -0.05) is 13.8 Å². The zero-order chi connectivity index (χ0) is 13.0. The molecule has 1 N–H and O–H groups in total. The van der Waals surface area contributed by atoms with E-state index in [1.165, 1.54) is 19.3 Å². The number of hydrogen-bond acceptors (Lipinski definition) is 3. The third kappa shape index (κ3) is 3.49. The fourth-order valence-electron chi connectivity index (χ4n) is 2.51. The second-order valence-corrected chi connectivity index (χ2v) is 7.03. The molecule has 18 heavy (non-hydrogen) atoms. The summed E-state index contributed by atoms with van der Waals surface area (Å²) >= 11 is 5.51. The van der Waals surface area contributed by atoms with Crippen molar-refractivity contribution in [3.8, 4) is 0 Å². The molecule has 0 aromatic carbocycles. The van der Waals surface area contributed by atoms with Gasteiger partial charge in [0.1, 0.15) is 5.03 Å². The van der Waals surface area contributed by atoms with Crippen LogP contribution in [0.5, 0.6) is 0 Å². The number of aromatic nitrogens is 1. The van der Waals surface area contributed by atoms with Crippen molar-refractivity contribution >= 4 is 27.7 Å². The van der Waals surface area contributed by atoms with E-state index < -0.39 is 0 Å². The van der Waals surface area contributed by atoms with E-state index in [4.69, 9.17) is 0 Å². The molecule has 0 amide bonds. The van der Waals surface area contributed by atoms with Crippen molar-refractivity contribution in [2.45, 2.75) is 49.4 Å². The Balaban J connectivity index is 1.93. The largest absolute Gasteiger partial charge is 0.314 e. The summed E-state index contributed by atoms with van der Waals surface area (Å²) in [5.74, 6) is 0.718. The highest BCUT2D eigenvalue weighted by molar-refractivity contribution is 9.10. The maximum atomic E-state index is 4.46. The number of halogens is 1. The van der Waals surface area contributed by atoms with Gasteiger partial charge < -0.3 is 5.32 Å². The van der Waals surface area contributed by atoms with Gasteiger partial charge in [0.05, 0.1) is 0 Å². The molecule has 0 bridgehead atoms. The van der Waals surface area contributed by atoms with Gasteiger partial charge in [0, 0.05) is 22.0 Å². The molecule has 1 fully saturated rings. The maximum absolute atomic E-state index is 4.46. The highest BCUT2D eigenvalue weighted by atomic mass is 79.9. The van der Waals surface area contributed by atoms with E-state index >= 15 is 0 Å². The van der Waals surface area contributed by atoms with Gasteiger partial charge in [-0.2, -0.15) is 0 Å². The van der Waals surface area contributed by atoms with Gasteiger partial charge in [-0.05, 0) is 59.8 Å². The molecule has 1 aromatic heterocycles. The Kier molecular flexibility index (Phi) is 5.52. The molecule has 1 aliphatic rings. The second kappa shape index (κ2) is 6.92. The summed E-state index contributed by atoms with van der Waals surface area (Å²) in [4.78, 5) is 4.46. The number of nitrogens with one attached hydrogen (secondary N) is 1. The number of nitrogens with zero attached hydrogens (tertiary/aromatic N) is 1. The van der Waals surface area contributed by atoms with Crippen molar-refractivity contribution in [2.24, 2.45) is 5.92 Å². The standard InChI is InChI=1S/C14H21BrN2S/c1-3-8-16-12-6-7-13(10(12)2)18-14-11(15)5-4-9-17-14/h4-5,9-10,12-13,16H,3,6-8H2,1-2H3. The first-order valence-electron chi connectivity index (χ1n) is 6.73. The summed E-state index contributed by atoms with van der Waals surface area (Å²) in [6.07, 6.45) is 5.67. The molecule has 1 aliphatic carbocycles. The SMILES string of the molecule is CCCNC1CCC(Sc2ncccc2Br)C1C. The molecular formula is C14H21BrN2S. The fraction of sp³-hybridized carbons (Fsp3) is 0.643. The molecule has 1 saturated carbocycles. The summed E-state index contributed by atoms with van der Waals surface area (Å²) in [6.45, 7) is 5.73. The molecule has 0 spiro atoms. The summed E-state index contributed by atoms with van der Waals surface area (Å²) in [5.41, 5.74) is 0. The summed E-state index contributed by atoms with van der Waals surface area (Å²) in [5, 5.41) is 5.48. The second-order valence-electron chi connectivity index (χ2n) is 4.94. The first-order chi connectivity index (χ1) is 8.72. The highest BCUT2D eigenvalue weighted by Crippen LogP contribution is 2.40. The lowest BCUT2D eigenvalue weighted by Crippen LogP contribution is -2.33. The van der Waals surface area contributed by atoms with Crippen LogP contribution in [-0.2, 0) is 0 Å². The molecular weight excluding hydrogens is 308 g/mol. The van der Waals surface area contributed by atoms with E-state index in [0.29, 0.717) is 11.3 Å². The molecule has 100 valence electrons. The Morgan fingerprint density at radius 2 is 2.33 bits per heavy atom. The third-order valence-electron chi connectivity index (χ3n) is 3.63. The first-order valence-corrected chi connectivity index (χ1v) is 8.40. The highest BCUT2D eigenvalue weighted by Gasteiger charge is 2.33. The van der Waals surface area contributed by atoms with Crippen molar-refractivity contribution in [3.63, 3.8) is 0 Å². The molecule has 2 nitrogen and oxygen atoms in total.